The van der Waals surface area contributed by atoms with Gasteiger partial charge in [-0.25, -0.2) is 0 Å². The summed E-state index contributed by atoms with van der Waals surface area (Å²) in [7, 11) is 4.52. The standard InChI is InChI=1S/C16H25N3/c1-18(12-15-7-5-9-19(15)2)11-14-10-13-6-3-4-8-16(13)17-14/h3-4,6,8,14-15,17H,5,7,9-12H2,1-2H3. The topological polar surface area (TPSA) is 18.5 Å². The van der Waals surface area contributed by atoms with E-state index in [1.54, 1.807) is 0 Å². The number of nitrogens with one attached hydrogen (secondary N) is 1. The molecule has 2 aliphatic heterocycles. The Labute approximate surface area is 116 Å². The Morgan fingerprint density at radius 1 is 1.32 bits per heavy atom. The van der Waals surface area contributed by atoms with Gasteiger partial charge in [0.15, 0.2) is 0 Å². The van der Waals surface area contributed by atoms with Crippen molar-refractivity contribution in [2.75, 3.05) is 39.0 Å². The molecule has 104 valence electrons. The van der Waals surface area contributed by atoms with Crippen molar-refractivity contribution < 1.29 is 0 Å². The molecule has 1 aromatic rings. The average Bonchev–Trinajstić information content (AvgIpc) is 2.95. The van der Waals surface area contributed by atoms with Crippen LogP contribution < -0.4 is 5.32 Å². The third kappa shape index (κ3) is 2.93. The van der Waals surface area contributed by atoms with E-state index in [9.17, 15) is 0 Å². The van der Waals surface area contributed by atoms with Gasteiger partial charge in [-0.15, -0.1) is 0 Å². The molecular weight excluding hydrogens is 234 g/mol. The Hall–Kier alpha value is -1.06. The number of rotatable bonds is 4. The molecule has 0 radical (unpaired) electrons. The summed E-state index contributed by atoms with van der Waals surface area (Å²) in [6, 6.07) is 10.0. The van der Waals surface area contributed by atoms with E-state index >= 15 is 0 Å². The second-order valence-electron chi connectivity index (χ2n) is 6.20. The quantitative estimate of drug-likeness (QED) is 0.893. The van der Waals surface area contributed by atoms with E-state index in [0.717, 1.165) is 12.6 Å². The van der Waals surface area contributed by atoms with Gasteiger partial charge in [-0.3, -0.25) is 0 Å². The van der Waals surface area contributed by atoms with E-state index < -0.39 is 0 Å². The van der Waals surface area contributed by atoms with Crippen LogP contribution in [0, 0.1) is 0 Å². The van der Waals surface area contributed by atoms with Crippen molar-refractivity contribution in [2.45, 2.75) is 31.3 Å². The predicted octanol–water partition coefficient (Wildman–Crippen LogP) is 2.05. The van der Waals surface area contributed by atoms with Gasteiger partial charge in [0.05, 0.1) is 0 Å². The van der Waals surface area contributed by atoms with E-state index in [-0.39, 0.29) is 0 Å². The normalized spacial score (nSPS) is 26.7. The zero-order chi connectivity index (χ0) is 13.2. The Kier molecular flexibility index (Phi) is 3.76. The second kappa shape index (κ2) is 5.51. The lowest BCUT2D eigenvalue weighted by atomic mass is 10.1. The lowest BCUT2D eigenvalue weighted by Gasteiger charge is -2.27. The molecule has 1 aromatic carbocycles. The summed E-state index contributed by atoms with van der Waals surface area (Å²) in [6.45, 7) is 3.61. The SMILES string of the molecule is CN(CC1Cc2ccccc2N1)CC1CCCN1C. The van der Waals surface area contributed by atoms with Crippen LogP contribution in [0.5, 0.6) is 0 Å². The fraction of sp³-hybridized carbons (Fsp3) is 0.625. The van der Waals surface area contributed by atoms with Crippen LogP contribution in [-0.2, 0) is 6.42 Å². The number of hydrogen-bond donors (Lipinski definition) is 1. The summed E-state index contributed by atoms with van der Waals surface area (Å²) in [5, 5.41) is 3.65. The van der Waals surface area contributed by atoms with Gasteiger partial charge in [0, 0.05) is 30.9 Å². The molecule has 3 nitrogen and oxygen atoms in total. The Morgan fingerprint density at radius 3 is 2.89 bits per heavy atom. The number of benzene rings is 1. The summed E-state index contributed by atoms with van der Waals surface area (Å²) in [5.41, 5.74) is 2.80. The molecule has 0 aromatic heterocycles. The van der Waals surface area contributed by atoms with Crippen molar-refractivity contribution in [2.24, 2.45) is 0 Å². The molecule has 1 N–H and O–H groups in total. The van der Waals surface area contributed by atoms with Crippen molar-refractivity contribution in [3.05, 3.63) is 29.8 Å². The second-order valence-corrected chi connectivity index (χ2v) is 6.20. The van der Waals surface area contributed by atoms with Crippen LogP contribution in [0.3, 0.4) is 0 Å². The zero-order valence-electron chi connectivity index (χ0n) is 12.1. The summed E-state index contributed by atoms with van der Waals surface area (Å²) < 4.78 is 0. The number of para-hydroxylation sites is 1. The van der Waals surface area contributed by atoms with Crippen LogP contribution in [0.15, 0.2) is 24.3 Å². The van der Waals surface area contributed by atoms with Gasteiger partial charge in [0.2, 0.25) is 0 Å². The maximum atomic E-state index is 3.65. The first kappa shape index (κ1) is 12.9. The molecule has 0 spiro atoms. The summed E-state index contributed by atoms with van der Waals surface area (Å²) >= 11 is 0. The molecule has 2 unspecified atom stereocenters. The minimum atomic E-state index is 0.578. The lowest BCUT2D eigenvalue weighted by molar-refractivity contribution is 0.216. The molecule has 19 heavy (non-hydrogen) atoms. The largest absolute Gasteiger partial charge is 0.380 e. The van der Waals surface area contributed by atoms with Crippen LogP contribution in [-0.4, -0.2) is 55.6 Å². The molecular formula is C16H25N3. The number of hydrogen-bond acceptors (Lipinski definition) is 3. The maximum absolute atomic E-state index is 3.65. The van der Waals surface area contributed by atoms with Crippen LogP contribution in [0.4, 0.5) is 5.69 Å². The minimum absolute atomic E-state index is 0.578. The van der Waals surface area contributed by atoms with Gasteiger partial charge in [0.1, 0.15) is 0 Å². The van der Waals surface area contributed by atoms with Gasteiger partial charge in [0.25, 0.3) is 0 Å². The Bertz CT molecular complexity index is 407. The summed E-state index contributed by atoms with van der Waals surface area (Å²) in [6.07, 6.45) is 3.89. The fourth-order valence-corrected chi connectivity index (χ4v) is 3.51. The molecule has 0 amide bonds. The molecule has 0 aliphatic carbocycles. The third-order valence-electron chi connectivity index (χ3n) is 4.57. The molecule has 2 heterocycles. The highest BCUT2D eigenvalue weighted by Crippen LogP contribution is 2.25. The van der Waals surface area contributed by atoms with Crippen molar-refractivity contribution >= 4 is 5.69 Å². The van der Waals surface area contributed by atoms with Gasteiger partial charge >= 0.3 is 0 Å². The molecule has 2 atom stereocenters. The smallest absolute Gasteiger partial charge is 0.0429 e. The van der Waals surface area contributed by atoms with Crippen LogP contribution in [0.1, 0.15) is 18.4 Å². The van der Waals surface area contributed by atoms with E-state index in [0.29, 0.717) is 6.04 Å². The number of nitrogens with zero attached hydrogens (tertiary/aromatic N) is 2. The first-order valence-electron chi connectivity index (χ1n) is 7.45. The van der Waals surface area contributed by atoms with Gasteiger partial charge < -0.3 is 15.1 Å². The summed E-state index contributed by atoms with van der Waals surface area (Å²) in [5.74, 6) is 0. The predicted molar refractivity (Wildman–Crippen MR) is 80.7 cm³/mol. The van der Waals surface area contributed by atoms with Gasteiger partial charge in [-0.1, -0.05) is 18.2 Å². The zero-order valence-corrected chi connectivity index (χ0v) is 12.1. The van der Waals surface area contributed by atoms with Crippen LogP contribution in [0.25, 0.3) is 0 Å². The summed E-state index contributed by atoms with van der Waals surface area (Å²) in [4.78, 5) is 5.00. The minimum Gasteiger partial charge on any atom is -0.380 e. The lowest BCUT2D eigenvalue weighted by Crippen LogP contribution is -2.41. The molecule has 0 saturated carbocycles. The molecule has 1 fully saturated rings. The molecule has 3 rings (SSSR count). The Balaban J connectivity index is 1.50. The fourth-order valence-electron chi connectivity index (χ4n) is 3.51. The van der Waals surface area contributed by atoms with Crippen LogP contribution in [0.2, 0.25) is 0 Å². The number of anilines is 1. The molecule has 2 aliphatic rings. The molecule has 1 saturated heterocycles. The van der Waals surface area contributed by atoms with Crippen molar-refractivity contribution in [1.82, 2.24) is 9.80 Å². The Morgan fingerprint density at radius 2 is 2.16 bits per heavy atom. The maximum Gasteiger partial charge on any atom is 0.0429 e. The van der Waals surface area contributed by atoms with Crippen molar-refractivity contribution in [1.29, 1.82) is 0 Å². The highest BCUT2D eigenvalue weighted by atomic mass is 15.2. The highest BCUT2D eigenvalue weighted by molar-refractivity contribution is 5.56. The average molecular weight is 259 g/mol. The number of likely N-dealkylation sites (tertiary alicyclic amines) is 1. The molecule has 0 bridgehead atoms. The van der Waals surface area contributed by atoms with Crippen LogP contribution >= 0.6 is 0 Å². The number of likely N-dealkylation sites (N-methyl/N-ethyl adjacent to an activating group) is 2. The van der Waals surface area contributed by atoms with Gasteiger partial charge in [-0.05, 0) is 51.5 Å². The first-order chi connectivity index (χ1) is 9.22. The third-order valence-corrected chi connectivity index (χ3v) is 4.57. The van der Waals surface area contributed by atoms with Crippen molar-refractivity contribution in [3.8, 4) is 0 Å². The van der Waals surface area contributed by atoms with E-state index in [1.807, 2.05) is 0 Å². The van der Waals surface area contributed by atoms with E-state index in [2.05, 4.69) is 53.5 Å². The van der Waals surface area contributed by atoms with E-state index in [4.69, 9.17) is 0 Å². The van der Waals surface area contributed by atoms with E-state index in [1.165, 1.54) is 43.6 Å². The van der Waals surface area contributed by atoms with Crippen molar-refractivity contribution in [3.63, 3.8) is 0 Å². The highest BCUT2D eigenvalue weighted by Gasteiger charge is 2.25. The van der Waals surface area contributed by atoms with Gasteiger partial charge in [-0.2, -0.15) is 0 Å². The number of fused-ring (bicyclic) bond motifs is 1. The first-order valence-corrected chi connectivity index (χ1v) is 7.45. The molecule has 3 heteroatoms. The monoisotopic (exact) mass is 259 g/mol.